The predicted molar refractivity (Wildman–Crippen MR) is 109 cm³/mol. The Morgan fingerprint density at radius 2 is 1.52 bits per heavy atom. The number of para-hydroxylation sites is 2. The second-order valence-electron chi connectivity index (χ2n) is 5.87. The van der Waals surface area contributed by atoms with Crippen molar-refractivity contribution in [3.05, 3.63) is 94.5 Å². The summed E-state index contributed by atoms with van der Waals surface area (Å²) in [7, 11) is 0. The summed E-state index contributed by atoms with van der Waals surface area (Å²) >= 11 is 5.30. The summed E-state index contributed by atoms with van der Waals surface area (Å²) in [4.78, 5) is 4.86. The summed E-state index contributed by atoms with van der Waals surface area (Å²) in [5.74, 6) is 0.921. The molecule has 3 aromatic carbocycles. The van der Waals surface area contributed by atoms with Crippen LogP contribution in [0.4, 0.5) is 0 Å². The third-order valence-corrected chi connectivity index (χ3v) is 5.66. The van der Waals surface area contributed by atoms with Gasteiger partial charge < -0.3 is 4.57 Å². The molecule has 0 aliphatic heterocycles. The van der Waals surface area contributed by atoms with Crippen LogP contribution in [0, 0.1) is 0 Å². The minimum absolute atomic E-state index is 0.824. The van der Waals surface area contributed by atoms with Crippen LogP contribution in [0.1, 0.15) is 11.1 Å². The molecule has 4 aromatic rings. The third kappa shape index (κ3) is 3.80. The molecule has 0 aliphatic rings. The van der Waals surface area contributed by atoms with Gasteiger partial charge in [0.1, 0.15) is 0 Å². The van der Waals surface area contributed by atoms with E-state index < -0.39 is 0 Å². The number of hydrogen-bond donors (Lipinski definition) is 0. The molecule has 0 radical (unpaired) electrons. The molecule has 0 saturated carbocycles. The summed E-state index contributed by atoms with van der Waals surface area (Å²) < 4.78 is 3.41. The van der Waals surface area contributed by atoms with Gasteiger partial charge in [-0.05, 0) is 35.4 Å². The van der Waals surface area contributed by atoms with Crippen LogP contribution >= 0.6 is 27.7 Å². The topological polar surface area (TPSA) is 17.8 Å². The maximum absolute atomic E-state index is 4.86. The minimum Gasteiger partial charge on any atom is -0.314 e. The number of hydrogen-bond acceptors (Lipinski definition) is 2. The lowest BCUT2D eigenvalue weighted by molar-refractivity contribution is 0.731. The van der Waals surface area contributed by atoms with Crippen molar-refractivity contribution < 1.29 is 0 Å². The van der Waals surface area contributed by atoms with Crippen LogP contribution in [0.3, 0.4) is 0 Å². The largest absolute Gasteiger partial charge is 0.314 e. The van der Waals surface area contributed by atoms with Gasteiger partial charge in [-0.1, -0.05) is 82.3 Å². The van der Waals surface area contributed by atoms with Crippen LogP contribution in [0.25, 0.3) is 11.0 Å². The van der Waals surface area contributed by atoms with E-state index in [1.807, 2.05) is 6.07 Å². The van der Waals surface area contributed by atoms with Crippen molar-refractivity contribution in [2.24, 2.45) is 0 Å². The Hall–Kier alpha value is -2.04. The van der Waals surface area contributed by atoms with Crippen LogP contribution in [0.2, 0.25) is 0 Å². The van der Waals surface area contributed by atoms with Gasteiger partial charge in [0.15, 0.2) is 5.16 Å². The van der Waals surface area contributed by atoms with Crippen molar-refractivity contribution >= 4 is 38.7 Å². The quantitative estimate of drug-likeness (QED) is 0.369. The summed E-state index contributed by atoms with van der Waals surface area (Å²) in [6, 6.07) is 27.4. The summed E-state index contributed by atoms with van der Waals surface area (Å²) in [5.41, 5.74) is 4.82. The molecule has 2 nitrogen and oxygen atoms in total. The molecule has 0 atom stereocenters. The lowest BCUT2D eigenvalue weighted by Crippen LogP contribution is -2.01. The number of halogens is 1. The van der Waals surface area contributed by atoms with Crippen molar-refractivity contribution in [3.63, 3.8) is 0 Å². The second kappa shape index (κ2) is 7.46. The zero-order valence-electron chi connectivity index (χ0n) is 13.6. The van der Waals surface area contributed by atoms with Gasteiger partial charge in [-0.3, -0.25) is 0 Å². The third-order valence-electron chi connectivity index (χ3n) is 4.08. The van der Waals surface area contributed by atoms with E-state index in [0.717, 1.165) is 27.4 Å². The first kappa shape index (κ1) is 16.4. The van der Waals surface area contributed by atoms with Gasteiger partial charge in [0.2, 0.25) is 0 Å². The minimum atomic E-state index is 0.824. The number of fused-ring (bicyclic) bond motifs is 1. The fourth-order valence-electron chi connectivity index (χ4n) is 2.81. The molecule has 124 valence electrons. The molecule has 0 aliphatic carbocycles. The Morgan fingerprint density at radius 3 is 2.32 bits per heavy atom. The lowest BCUT2D eigenvalue weighted by atomic mass is 10.2. The van der Waals surface area contributed by atoms with Gasteiger partial charge in [-0.2, -0.15) is 0 Å². The first-order valence-electron chi connectivity index (χ1n) is 8.16. The van der Waals surface area contributed by atoms with Crippen LogP contribution in [0.5, 0.6) is 0 Å². The molecule has 0 spiro atoms. The van der Waals surface area contributed by atoms with Crippen molar-refractivity contribution in [2.75, 3.05) is 0 Å². The highest BCUT2D eigenvalue weighted by Crippen LogP contribution is 2.28. The maximum atomic E-state index is 4.86. The zero-order chi connectivity index (χ0) is 17.1. The smallest absolute Gasteiger partial charge is 0.169 e. The number of rotatable bonds is 5. The maximum Gasteiger partial charge on any atom is 0.169 e. The molecule has 0 bridgehead atoms. The summed E-state index contributed by atoms with van der Waals surface area (Å²) in [6.45, 7) is 0.824. The summed E-state index contributed by atoms with van der Waals surface area (Å²) in [5, 5.41) is 1.06. The first-order valence-corrected chi connectivity index (χ1v) is 9.94. The first-order chi connectivity index (χ1) is 12.3. The Balaban J connectivity index is 1.66. The SMILES string of the molecule is Brc1ccc(Cn2c(SCc3ccccc3)nc3ccccc32)cc1. The van der Waals surface area contributed by atoms with Crippen LogP contribution in [-0.2, 0) is 12.3 Å². The zero-order valence-corrected chi connectivity index (χ0v) is 16.0. The molecular weight excluding hydrogens is 392 g/mol. The molecule has 4 heteroatoms. The van der Waals surface area contributed by atoms with Crippen molar-refractivity contribution in [1.29, 1.82) is 0 Å². The average Bonchev–Trinajstić information content (AvgIpc) is 3.00. The molecule has 0 fully saturated rings. The number of imidazole rings is 1. The van der Waals surface area contributed by atoms with Crippen LogP contribution in [0.15, 0.2) is 88.5 Å². The van der Waals surface area contributed by atoms with Crippen LogP contribution < -0.4 is 0 Å². The molecule has 1 heterocycles. The van der Waals surface area contributed by atoms with Gasteiger partial charge >= 0.3 is 0 Å². The van der Waals surface area contributed by atoms with Gasteiger partial charge in [0.05, 0.1) is 17.6 Å². The fourth-order valence-corrected chi connectivity index (χ4v) is 4.05. The molecular formula is C21H17BrN2S. The predicted octanol–water partition coefficient (Wildman–Crippen LogP) is 6.14. The summed E-state index contributed by atoms with van der Waals surface area (Å²) in [6.07, 6.45) is 0. The normalized spacial score (nSPS) is 11.1. The van der Waals surface area contributed by atoms with E-state index in [4.69, 9.17) is 4.98 Å². The van der Waals surface area contributed by atoms with Gasteiger partial charge in [-0.15, -0.1) is 0 Å². The molecule has 1 aromatic heterocycles. The lowest BCUT2D eigenvalue weighted by Gasteiger charge is -2.09. The highest BCUT2D eigenvalue weighted by molar-refractivity contribution is 9.10. The van der Waals surface area contributed by atoms with Gasteiger partial charge in [-0.25, -0.2) is 4.98 Å². The molecule has 25 heavy (non-hydrogen) atoms. The van der Waals surface area contributed by atoms with Crippen LogP contribution in [-0.4, -0.2) is 9.55 Å². The van der Waals surface area contributed by atoms with Crippen molar-refractivity contribution in [1.82, 2.24) is 9.55 Å². The Labute approximate surface area is 160 Å². The molecule has 0 unspecified atom stereocenters. The van der Waals surface area contributed by atoms with E-state index in [9.17, 15) is 0 Å². The number of thioether (sulfide) groups is 1. The van der Waals surface area contributed by atoms with Crippen molar-refractivity contribution in [2.45, 2.75) is 17.5 Å². The number of nitrogens with zero attached hydrogens (tertiary/aromatic N) is 2. The van der Waals surface area contributed by atoms with Gasteiger partial charge in [0.25, 0.3) is 0 Å². The highest BCUT2D eigenvalue weighted by Gasteiger charge is 2.11. The Morgan fingerprint density at radius 1 is 0.800 bits per heavy atom. The Bertz CT molecular complexity index is 978. The fraction of sp³-hybridized carbons (Fsp3) is 0.0952. The molecule has 0 amide bonds. The van der Waals surface area contributed by atoms with E-state index in [1.54, 1.807) is 11.8 Å². The average molecular weight is 409 g/mol. The second-order valence-corrected chi connectivity index (χ2v) is 7.73. The molecule has 0 saturated heterocycles. The number of aromatic nitrogens is 2. The van der Waals surface area contributed by atoms with Gasteiger partial charge in [0, 0.05) is 10.2 Å². The van der Waals surface area contributed by atoms with Crippen molar-refractivity contribution in [3.8, 4) is 0 Å². The number of benzene rings is 3. The standard InChI is InChI=1S/C21H17BrN2S/c22-18-12-10-16(11-13-18)14-24-20-9-5-4-8-19(20)23-21(24)25-15-17-6-2-1-3-7-17/h1-13H,14-15H2. The molecule has 4 rings (SSSR count). The van der Waals surface area contributed by atoms with E-state index >= 15 is 0 Å². The van der Waals surface area contributed by atoms with E-state index in [-0.39, 0.29) is 0 Å². The van der Waals surface area contributed by atoms with E-state index in [0.29, 0.717) is 0 Å². The van der Waals surface area contributed by atoms with E-state index in [1.165, 1.54) is 16.6 Å². The highest BCUT2D eigenvalue weighted by atomic mass is 79.9. The molecule has 0 N–H and O–H groups in total. The Kier molecular flexibility index (Phi) is 4.90. The van der Waals surface area contributed by atoms with E-state index in [2.05, 4.69) is 93.3 Å². The monoisotopic (exact) mass is 408 g/mol.